The molecule has 29 heavy (non-hydrogen) atoms. The number of nitrogens with one attached hydrogen (secondary N) is 1. The first-order valence-corrected chi connectivity index (χ1v) is 9.09. The summed E-state index contributed by atoms with van der Waals surface area (Å²) < 4.78 is 1.62. The number of carbonyl (C=O) groups excluding carboxylic acids is 2. The number of carbonyl (C=O) groups is 2. The summed E-state index contributed by atoms with van der Waals surface area (Å²) in [7, 11) is 0. The third-order valence-corrected chi connectivity index (χ3v) is 4.47. The number of hydrogen-bond acceptors (Lipinski definition) is 4. The molecular weight excluding hydrogens is 364 g/mol. The van der Waals surface area contributed by atoms with Crippen LogP contribution in [0.15, 0.2) is 85.3 Å². The van der Waals surface area contributed by atoms with Crippen LogP contribution in [0.4, 0.5) is 5.69 Å². The lowest BCUT2D eigenvalue weighted by molar-refractivity contribution is 0.102. The highest BCUT2D eigenvalue weighted by Crippen LogP contribution is 2.15. The van der Waals surface area contributed by atoms with E-state index in [2.05, 4.69) is 15.4 Å². The van der Waals surface area contributed by atoms with E-state index in [9.17, 15) is 9.59 Å². The average Bonchev–Trinajstić information content (AvgIpc) is 3.29. The molecule has 142 valence electrons. The van der Waals surface area contributed by atoms with Gasteiger partial charge in [0.05, 0.1) is 5.56 Å². The predicted octanol–water partition coefficient (Wildman–Crippen LogP) is 4.06. The summed E-state index contributed by atoms with van der Waals surface area (Å²) in [6.07, 6.45) is 4.94. The number of pyridine rings is 1. The molecule has 2 aromatic heterocycles. The van der Waals surface area contributed by atoms with Crippen molar-refractivity contribution >= 4 is 17.4 Å². The van der Waals surface area contributed by atoms with E-state index in [1.807, 2.05) is 31.2 Å². The van der Waals surface area contributed by atoms with Crippen LogP contribution in [0.3, 0.4) is 0 Å². The van der Waals surface area contributed by atoms with Gasteiger partial charge in [-0.25, -0.2) is 9.67 Å². The molecule has 0 aliphatic carbocycles. The van der Waals surface area contributed by atoms with Crippen LogP contribution in [0, 0.1) is 6.92 Å². The zero-order valence-electron chi connectivity index (χ0n) is 15.7. The molecule has 4 rings (SSSR count). The monoisotopic (exact) mass is 382 g/mol. The van der Waals surface area contributed by atoms with Crippen molar-refractivity contribution in [1.82, 2.24) is 14.8 Å². The zero-order chi connectivity index (χ0) is 20.2. The molecule has 0 saturated carbocycles. The van der Waals surface area contributed by atoms with E-state index in [0.717, 1.165) is 5.56 Å². The van der Waals surface area contributed by atoms with Crippen LogP contribution >= 0.6 is 0 Å². The highest BCUT2D eigenvalue weighted by atomic mass is 16.1. The first-order chi connectivity index (χ1) is 14.1. The second-order valence-corrected chi connectivity index (χ2v) is 6.58. The molecule has 0 aliphatic rings. The lowest BCUT2D eigenvalue weighted by Crippen LogP contribution is -2.13. The number of rotatable bonds is 5. The molecule has 0 spiro atoms. The van der Waals surface area contributed by atoms with Crippen molar-refractivity contribution in [3.63, 3.8) is 0 Å². The van der Waals surface area contributed by atoms with Gasteiger partial charge in [-0.3, -0.25) is 9.59 Å². The Bertz CT molecular complexity index is 1130. The normalized spacial score (nSPS) is 10.5. The van der Waals surface area contributed by atoms with Gasteiger partial charge in [0.2, 0.25) is 0 Å². The van der Waals surface area contributed by atoms with Gasteiger partial charge in [-0.15, -0.1) is 0 Å². The van der Waals surface area contributed by atoms with Crippen molar-refractivity contribution in [1.29, 1.82) is 0 Å². The van der Waals surface area contributed by atoms with E-state index >= 15 is 0 Å². The SMILES string of the molecule is Cc1ccc(C(=O)c2ccc(NC(=O)c3ccc(-n4cccn4)nc3)cc2)cc1. The van der Waals surface area contributed by atoms with Crippen LogP contribution < -0.4 is 5.32 Å². The molecule has 0 saturated heterocycles. The number of anilines is 1. The summed E-state index contributed by atoms with van der Waals surface area (Å²) in [5.41, 5.74) is 3.34. The maximum absolute atomic E-state index is 12.5. The van der Waals surface area contributed by atoms with Crippen molar-refractivity contribution in [3.05, 3.63) is 108 Å². The van der Waals surface area contributed by atoms with Crippen LogP contribution in [0.2, 0.25) is 0 Å². The topological polar surface area (TPSA) is 76.9 Å². The molecule has 0 radical (unpaired) electrons. The Balaban J connectivity index is 1.43. The molecule has 0 bridgehead atoms. The molecule has 1 amide bonds. The number of hydrogen-bond donors (Lipinski definition) is 1. The van der Waals surface area contributed by atoms with Gasteiger partial charge in [0.25, 0.3) is 5.91 Å². The molecule has 0 atom stereocenters. The summed E-state index contributed by atoms with van der Waals surface area (Å²) in [6, 6.07) is 19.5. The van der Waals surface area contributed by atoms with Crippen molar-refractivity contribution in [2.45, 2.75) is 6.92 Å². The standard InChI is InChI=1S/C23H18N4O2/c1-16-3-5-17(6-4-16)22(28)18-7-10-20(11-8-18)26-23(29)19-9-12-21(24-15-19)27-14-2-13-25-27/h2-15H,1H3,(H,26,29). The fourth-order valence-corrected chi connectivity index (χ4v) is 2.84. The maximum Gasteiger partial charge on any atom is 0.257 e. The highest BCUT2D eigenvalue weighted by molar-refractivity contribution is 6.09. The first-order valence-electron chi connectivity index (χ1n) is 9.09. The minimum atomic E-state index is -0.276. The highest BCUT2D eigenvalue weighted by Gasteiger charge is 2.11. The van der Waals surface area contributed by atoms with Crippen LogP contribution in [-0.4, -0.2) is 26.5 Å². The van der Waals surface area contributed by atoms with Gasteiger partial charge in [0.15, 0.2) is 11.6 Å². The minimum absolute atomic E-state index is 0.0544. The Morgan fingerprint density at radius 3 is 2.10 bits per heavy atom. The molecule has 6 heteroatoms. The van der Waals surface area contributed by atoms with Crippen molar-refractivity contribution in [2.24, 2.45) is 0 Å². The molecule has 0 fully saturated rings. The molecule has 2 heterocycles. The molecule has 1 N–H and O–H groups in total. The van der Waals surface area contributed by atoms with Gasteiger partial charge in [0.1, 0.15) is 0 Å². The van der Waals surface area contributed by atoms with Gasteiger partial charge in [-0.1, -0.05) is 29.8 Å². The van der Waals surface area contributed by atoms with Crippen LogP contribution in [-0.2, 0) is 0 Å². The number of aromatic nitrogens is 3. The molecule has 4 aromatic rings. The molecule has 6 nitrogen and oxygen atoms in total. The van der Waals surface area contributed by atoms with E-state index < -0.39 is 0 Å². The Kier molecular flexibility index (Phi) is 4.99. The Morgan fingerprint density at radius 1 is 0.862 bits per heavy atom. The second-order valence-electron chi connectivity index (χ2n) is 6.58. The minimum Gasteiger partial charge on any atom is -0.322 e. The quantitative estimate of drug-likeness (QED) is 0.528. The van der Waals surface area contributed by atoms with Gasteiger partial charge in [-0.2, -0.15) is 5.10 Å². The lowest BCUT2D eigenvalue weighted by Gasteiger charge is -2.07. The van der Waals surface area contributed by atoms with Gasteiger partial charge < -0.3 is 5.32 Å². The fraction of sp³-hybridized carbons (Fsp3) is 0.0435. The van der Waals surface area contributed by atoms with Crippen molar-refractivity contribution in [3.8, 4) is 5.82 Å². The van der Waals surface area contributed by atoms with Crippen LogP contribution in [0.25, 0.3) is 5.82 Å². The second kappa shape index (κ2) is 7.90. The van der Waals surface area contributed by atoms with Gasteiger partial charge in [-0.05, 0) is 49.4 Å². The zero-order valence-corrected chi connectivity index (χ0v) is 15.7. The summed E-state index contributed by atoms with van der Waals surface area (Å²) in [6.45, 7) is 1.98. The Labute approximate surface area is 167 Å². The summed E-state index contributed by atoms with van der Waals surface area (Å²) >= 11 is 0. The van der Waals surface area contributed by atoms with E-state index in [4.69, 9.17) is 0 Å². The number of ketones is 1. The van der Waals surface area contributed by atoms with Crippen LogP contribution in [0.1, 0.15) is 31.8 Å². The third kappa shape index (κ3) is 4.11. The molecule has 0 unspecified atom stereocenters. The number of benzene rings is 2. The van der Waals surface area contributed by atoms with Crippen molar-refractivity contribution in [2.75, 3.05) is 5.32 Å². The van der Waals surface area contributed by atoms with E-state index in [0.29, 0.717) is 28.2 Å². The average molecular weight is 382 g/mol. The van der Waals surface area contributed by atoms with Crippen molar-refractivity contribution < 1.29 is 9.59 Å². The summed E-state index contributed by atoms with van der Waals surface area (Å²) in [4.78, 5) is 29.2. The van der Waals surface area contributed by atoms with E-state index in [-0.39, 0.29) is 11.7 Å². The Hall–Kier alpha value is -4.06. The first kappa shape index (κ1) is 18.3. The predicted molar refractivity (Wildman–Crippen MR) is 110 cm³/mol. The Morgan fingerprint density at radius 2 is 1.52 bits per heavy atom. The van der Waals surface area contributed by atoms with Gasteiger partial charge >= 0.3 is 0 Å². The fourth-order valence-electron chi connectivity index (χ4n) is 2.84. The summed E-state index contributed by atoms with van der Waals surface area (Å²) in [5, 5.41) is 6.92. The number of aryl methyl sites for hydroxylation is 1. The summed E-state index contributed by atoms with van der Waals surface area (Å²) in [5.74, 6) is 0.300. The largest absolute Gasteiger partial charge is 0.322 e. The molecular formula is C23H18N4O2. The van der Waals surface area contributed by atoms with E-state index in [1.54, 1.807) is 59.5 Å². The molecule has 0 aliphatic heterocycles. The molecule has 2 aromatic carbocycles. The van der Waals surface area contributed by atoms with Crippen LogP contribution in [0.5, 0.6) is 0 Å². The van der Waals surface area contributed by atoms with E-state index in [1.165, 1.54) is 6.20 Å². The number of amides is 1. The van der Waals surface area contributed by atoms with Gasteiger partial charge in [0, 0.05) is 35.4 Å². The smallest absolute Gasteiger partial charge is 0.257 e. The lowest BCUT2D eigenvalue weighted by atomic mass is 10.0. The number of nitrogens with zero attached hydrogens (tertiary/aromatic N) is 3. The third-order valence-electron chi connectivity index (χ3n) is 4.47. The maximum atomic E-state index is 12.5.